The molecule has 22 heavy (non-hydrogen) atoms. The minimum atomic E-state index is -0.152. The van der Waals surface area contributed by atoms with Gasteiger partial charge in [-0.25, -0.2) is 4.98 Å². The van der Waals surface area contributed by atoms with Gasteiger partial charge in [0.15, 0.2) is 5.16 Å². The van der Waals surface area contributed by atoms with E-state index in [0.29, 0.717) is 16.4 Å². The molecule has 0 bridgehead atoms. The highest BCUT2D eigenvalue weighted by Crippen LogP contribution is 2.13. The third-order valence-electron chi connectivity index (χ3n) is 2.58. The van der Waals surface area contributed by atoms with Crippen LogP contribution in [0, 0.1) is 0 Å². The number of hydrogen-bond donors (Lipinski definition) is 3. The van der Waals surface area contributed by atoms with E-state index in [1.54, 1.807) is 24.3 Å². The van der Waals surface area contributed by atoms with Gasteiger partial charge in [-0.1, -0.05) is 11.8 Å². The zero-order chi connectivity index (χ0) is 15.9. The van der Waals surface area contributed by atoms with E-state index in [1.807, 2.05) is 13.8 Å². The molecular weight excluding hydrogens is 302 g/mol. The van der Waals surface area contributed by atoms with Crippen LogP contribution in [0.15, 0.2) is 35.7 Å². The van der Waals surface area contributed by atoms with Crippen molar-refractivity contribution >= 4 is 29.3 Å². The molecule has 0 radical (unpaired) electrons. The Bertz CT molecular complexity index is 625. The summed E-state index contributed by atoms with van der Waals surface area (Å²) in [4.78, 5) is 27.5. The third kappa shape index (κ3) is 4.88. The largest absolute Gasteiger partial charge is 0.350 e. The summed E-state index contributed by atoms with van der Waals surface area (Å²) in [5, 5.41) is 12.5. The fraction of sp³-hybridized carbons (Fsp3) is 0.286. The maximum Gasteiger partial charge on any atom is 0.251 e. The van der Waals surface area contributed by atoms with Crippen molar-refractivity contribution in [2.24, 2.45) is 0 Å². The molecule has 7 nitrogen and oxygen atoms in total. The third-order valence-corrected chi connectivity index (χ3v) is 3.46. The van der Waals surface area contributed by atoms with Gasteiger partial charge in [0.25, 0.3) is 5.91 Å². The van der Waals surface area contributed by atoms with E-state index in [0.717, 1.165) is 0 Å². The minimum Gasteiger partial charge on any atom is -0.350 e. The first-order valence-corrected chi connectivity index (χ1v) is 7.72. The number of rotatable bonds is 6. The number of aromatic nitrogens is 3. The SMILES string of the molecule is CC(C)NC(=O)c1ccc(NC(=O)CSc2ncn[nH]2)cc1. The summed E-state index contributed by atoms with van der Waals surface area (Å²) in [5.41, 5.74) is 1.20. The maximum atomic E-state index is 11.8. The van der Waals surface area contributed by atoms with Crippen LogP contribution in [-0.4, -0.2) is 38.8 Å². The Labute approximate surface area is 132 Å². The molecule has 2 aromatic rings. The lowest BCUT2D eigenvalue weighted by Crippen LogP contribution is -2.30. The Kier molecular flexibility index (Phi) is 5.54. The fourth-order valence-electron chi connectivity index (χ4n) is 1.65. The van der Waals surface area contributed by atoms with Gasteiger partial charge in [0.2, 0.25) is 5.91 Å². The lowest BCUT2D eigenvalue weighted by molar-refractivity contribution is -0.113. The zero-order valence-electron chi connectivity index (χ0n) is 12.3. The van der Waals surface area contributed by atoms with E-state index in [-0.39, 0.29) is 23.6 Å². The molecule has 0 saturated heterocycles. The van der Waals surface area contributed by atoms with Gasteiger partial charge in [-0.15, -0.1) is 0 Å². The maximum absolute atomic E-state index is 11.8. The lowest BCUT2D eigenvalue weighted by atomic mass is 10.2. The number of aromatic amines is 1. The second-order valence-corrected chi connectivity index (χ2v) is 5.80. The summed E-state index contributed by atoms with van der Waals surface area (Å²) in [6.45, 7) is 3.80. The number of thioether (sulfide) groups is 1. The molecule has 3 N–H and O–H groups in total. The summed E-state index contributed by atoms with van der Waals surface area (Å²) in [5.74, 6) is -0.0559. The monoisotopic (exact) mass is 319 g/mol. The van der Waals surface area contributed by atoms with Gasteiger partial charge < -0.3 is 10.6 Å². The van der Waals surface area contributed by atoms with E-state index in [2.05, 4.69) is 25.8 Å². The Morgan fingerprint density at radius 2 is 2.00 bits per heavy atom. The van der Waals surface area contributed by atoms with Crippen LogP contribution >= 0.6 is 11.8 Å². The molecule has 8 heteroatoms. The van der Waals surface area contributed by atoms with Gasteiger partial charge in [0, 0.05) is 17.3 Å². The molecule has 0 atom stereocenters. The summed E-state index contributed by atoms with van der Waals surface area (Å²) in [6, 6.07) is 6.84. The predicted octanol–water partition coefficient (Wildman–Crippen LogP) is 1.67. The summed E-state index contributed by atoms with van der Waals surface area (Å²) in [7, 11) is 0. The summed E-state index contributed by atoms with van der Waals surface area (Å²) in [6.07, 6.45) is 1.39. The molecule has 1 aromatic carbocycles. The van der Waals surface area contributed by atoms with Gasteiger partial charge in [-0.05, 0) is 38.1 Å². The van der Waals surface area contributed by atoms with Crippen molar-refractivity contribution in [2.75, 3.05) is 11.1 Å². The second-order valence-electron chi connectivity index (χ2n) is 4.83. The Balaban J connectivity index is 1.85. The molecule has 2 rings (SSSR count). The Hall–Kier alpha value is -2.35. The number of carbonyl (C=O) groups excluding carboxylic acids is 2. The van der Waals surface area contributed by atoms with Crippen LogP contribution in [-0.2, 0) is 4.79 Å². The van der Waals surface area contributed by atoms with Crippen LogP contribution in [0.3, 0.4) is 0 Å². The highest BCUT2D eigenvalue weighted by molar-refractivity contribution is 7.99. The normalized spacial score (nSPS) is 10.5. The van der Waals surface area contributed by atoms with Crippen molar-refractivity contribution in [3.05, 3.63) is 36.2 Å². The number of hydrogen-bond acceptors (Lipinski definition) is 5. The number of carbonyl (C=O) groups is 2. The van der Waals surface area contributed by atoms with Gasteiger partial charge in [-0.3, -0.25) is 14.7 Å². The Morgan fingerprint density at radius 3 is 2.59 bits per heavy atom. The molecule has 0 spiro atoms. The first kappa shape index (κ1) is 16.0. The van der Waals surface area contributed by atoms with Crippen molar-refractivity contribution in [3.8, 4) is 0 Å². The molecule has 0 fully saturated rings. The molecule has 1 aromatic heterocycles. The highest BCUT2D eigenvalue weighted by atomic mass is 32.2. The van der Waals surface area contributed by atoms with Crippen molar-refractivity contribution in [2.45, 2.75) is 25.0 Å². The molecule has 1 heterocycles. The number of anilines is 1. The lowest BCUT2D eigenvalue weighted by Gasteiger charge is -2.09. The van der Waals surface area contributed by atoms with E-state index < -0.39 is 0 Å². The molecule has 2 amide bonds. The second kappa shape index (κ2) is 7.60. The van der Waals surface area contributed by atoms with Crippen molar-refractivity contribution in [1.29, 1.82) is 0 Å². The summed E-state index contributed by atoms with van der Waals surface area (Å²) < 4.78 is 0. The molecular formula is C14H17N5O2S. The van der Waals surface area contributed by atoms with Gasteiger partial charge >= 0.3 is 0 Å². The quantitative estimate of drug-likeness (QED) is 0.703. The van der Waals surface area contributed by atoms with Crippen LogP contribution in [0.2, 0.25) is 0 Å². The van der Waals surface area contributed by atoms with Crippen molar-refractivity contribution < 1.29 is 9.59 Å². The molecule has 116 valence electrons. The van der Waals surface area contributed by atoms with Gasteiger partial charge in [-0.2, -0.15) is 5.10 Å². The number of H-pyrrole nitrogens is 1. The van der Waals surface area contributed by atoms with E-state index in [1.165, 1.54) is 18.1 Å². The topological polar surface area (TPSA) is 99.8 Å². The average molecular weight is 319 g/mol. The van der Waals surface area contributed by atoms with Gasteiger partial charge in [0.05, 0.1) is 5.75 Å². The van der Waals surface area contributed by atoms with Crippen LogP contribution in [0.1, 0.15) is 24.2 Å². The number of benzene rings is 1. The van der Waals surface area contributed by atoms with Crippen molar-refractivity contribution in [3.63, 3.8) is 0 Å². The minimum absolute atomic E-state index is 0.0833. The highest BCUT2D eigenvalue weighted by Gasteiger charge is 2.08. The fourth-order valence-corrected chi connectivity index (χ4v) is 2.22. The molecule has 0 saturated carbocycles. The first-order valence-electron chi connectivity index (χ1n) is 6.73. The van der Waals surface area contributed by atoms with Crippen LogP contribution in [0.4, 0.5) is 5.69 Å². The summed E-state index contributed by atoms with van der Waals surface area (Å²) >= 11 is 1.26. The van der Waals surface area contributed by atoms with Gasteiger partial charge in [0.1, 0.15) is 6.33 Å². The van der Waals surface area contributed by atoms with Crippen LogP contribution in [0.5, 0.6) is 0 Å². The molecule has 0 aliphatic heterocycles. The molecule has 0 unspecified atom stereocenters. The van der Waals surface area contributed by atoms with E-state index in [4.69, 9.17) is 0 Å². The van der Waals surface area contributed by atoms with Crippen LogP contribution in [0.25, 0.3) is 0 Å². The Morgan fingerprint density at radius 1 is 1.27 bits per heavy atom. The standard InChI is InChI=1S/C14H17N5O2S/c1-9(2)17-13(21)10-3-5-11(6-4-10)18-12(20)7-22-14-15-8-16-19-14/h3-6,8-9H,7H2,1-2H3,(H,17,21)(H,18,20)(H,15,16,19). The molecule has 0 aliphatic rings. The number of amides is 2. The van der Waals surface area contributed by atoms with E-state index in [9.17, 15) is 9.59 Å². The smallest absolute Gasteiger partial charge is 0.251 e. The first-order chi connectivity index (χ1) is 10.5. The van der Waals surface area contributed by atoms with Crippen LogP contribution < -0.4 is 10.6 Å². The molecule has 0 aliphatic carbocycles. The average Bonchev–Trinajstić information content (AvgIpc) is 2.98. The van der Waals surface area contributed by atoms with E-state index >= 15 is 0 Å². The zero-order valence-corrected chi connectivity index (χ0v) is 13.1. The predicted molar refractivity (Wildman–Crippen MR) is 84.8 cm³/mol. The van der Waals surface area contributed by atoms with Crippen molar-refractivity contribution in [1.82, 2.24) is 20.5 Å². The number of nitrogens with one attached hydrogen (secondary N) is 3. The number of nitrogens with zero attached hydrogens (tertiary/aromatic N) is 2.